The molecule has 1 saturated heterocycles. The van der Waals surface area contributed by atoms with E-state index >= 15 is 0 Å². The van der Waals surface area contributed by atoms with E-state index in [4.69, 9.17) is 11.6 Å². The summed E-state index contributed by atoms with van der Waals surface area (Å²) in [6.45, 7) is 11.2. The first kappa shape index (κ1) is 14.0. The topological polar surface area (TPSA) is 15.3 Å². The molecule has 0 aromatic rings. The second-order valence-corrected chi connectivity index (χ2v) is 5.41. The molecule has 0 spiro atoms. The van der Waals surface area contributed by atoms with Crippen molar-refractivity contribution in [1.82, 2.24) is 10.2 Å². The van der Waals surface area contributed by atoms with Crippen molar-refractivity contribution in [2.24, 2.45) is 5.92 Å². The zero-order chi connectivity index (χ0) is 12.0. The van der Waals surface area contributed by atoms with Gasteiger partial charge in [0.1, 0.15) is 0 Å². The molecule has 0 amide bonds. The van der Waals surface area contributed by atoms with Gasteiger partial charge in [0.05, 0.1) is 0 Å². The second-order valence-electron chi connectivity index (χ2n) is 5.19. The van der Waals surface area contributed by atoms with Crippen LogP contribution in [-0.4, -0.2) is 37.1 Å². The summed E-state index contributed by atoms with van der Waals surface area (Å²) < 4.78 is 0. The van der Waals surface area contributed by atoms with Gasteiger partial charge in [-0.3, -0.25) is 4.90 Å². The normalized spacial score (nSPS) is 23.1. The summed E-state index contributed by atoms with van der Waals surface area (Å²) >= 11 is 5.74. The molecule has 0 aliphatic carbocycles. The molecule has 1 fully saturated rings. The average Bonchev–Trinajstić information content (AvgIpc) is 2.29. The fourth-order valence-electron chi connectivity index (χ4n) is 2.22. The maximum absolute atomic E-state index is 5.74. The van der Waals surface area contributed by atoms with Gasteiger partial charge in [0.25, 0.3) is 0 Å². The van der Waals surface area contributed by atoms with Gasteiger partial charge < -0.3 is 5.32 Å². The lowest BCUT2D eigenvalue weighted by Gasteiger charge is -2.32. The molecule has 2 nitrogen and oxygen atoms in total. The maximum atomic E-state index is 5.74. The number of hydrogen-bond donors (Lipinski definition) is 1. The predicted octanol–water partition coefficient (Wildman–Crippen LogP) is 2.84. The number of rotatable bonds is 5. The first-order valence-corrected chi connectivity index (χ1v) is 6.77. The Balaban J connectivity index is 2.43. The third-order valence-electron chi connectivity index (χ3n) is 3.26. The van der Waals surface area contributed by atoms with E-state index in [0.29, 0.717) is 6.04 Å². The zero-order valence-electron chi connectivity index (χ0n) is 10.8. The summed E-state index contributed by atoms with van der Waals surface area (Å²) in [6, 6.07) is 0.591. The largest absolute Gasteiger partial charge is 0.316 e. The summed E-state index contributed by atoms with van der Waals surface area (Å²) in [7, 11) is 0. The SMILES string of the molecule is CC(=CCl)CN(CC1CCCNC1)C(C)C. The van der Waals surface area contributed by atoms with Crippen molar-refractivity contribution < 1.29 is 0 Å². The van der Waals surface area contributed by atoms with E-state index in [0.717, 1.165) is 12.5 Å². The molecule has 16 heavy (non-hydrogen) atoms. The van der Waals surface area contributed by atoms with Gasteiger partial charge >= 0.3 is 0 Å². The maximum Gasteiger partial charge on any atom is 0.0204 e. The van der Waals surface area contributed by atoms with Gasteiger partial charge in [0.15, 0.2) is 0 Å². The Kier molecular flexibility index (Phi) is 6.40. The zero-order valence-corrected chi connectivity index (χ0v) is 11.6. The van der Waals surface area contributed by atoms with Crippen molar-refractivity contribution in [3.05, 3.63) is 11.1 Å². The van der Waals surface area contributed by atoms with E-state index in [1.165, 1.54) is 38.0 Å². The lowest BCUT2D eigenvalue weighted by atomic mass is 9.98. The number of piperidine rings is 1. The van der Waals surface area contributed by atoms with E-state index in [1.54, 1.807) is 5.54 Å². The fraction of sp³-hybridized carbons (Fsp3) is 0.846. The third kappa shape index (κ3) is 4.86. The van der Waals surface area contributed by atoms with E-state index < -0.39 is 0 Å². The van der Waals surface area contributed by atoms with Crippen LogP contribution in [0.1, 0.15) is 33.6 Å². The molecule has 1 aliphatic rings. The minimum absolute atomic E-state index is 0.591. The van der Waals surface area contributed by atoms with Gasteiger partial charge in [-0.25, -0.2) is 0 Å². The van der Waals surface area contributed by atoms with Gasteiger partial charge in [0.2, 0.25) is 0 Å². The Bertz CT molecular complexity index is 220. The summed E-state index contributed by atoms with van der Waals surface area (Å²) in [5.41, 5.74) is 2.95. The van der Waals surface area contributed by atoms with Crippen molar-refractivity contribution in [2.45, 2.75) is 39.7 Å². The molecule has 0 bridgehead atoms. The Morgan fingerprint density at radius 1 is 1.56 bits per heavy atom. The van der Waals surface area contributed by atoms with Gasteiger partial charge in [0, 0.05) is 24.7 Å². The highest BCUT2D eigenvalue weighted by molar-refractivity contribution is 6.25. The molecule has 3 heteroatoms. The predicted molar refractivity (Wildman–Crippen MR) is 71.9 cm³/mol. The molecule has 1 aliphatic heterocycles. The second kappa shape index (κ2) is 7.31. The molecule has 1 rings (SSSR count). The van der Waals surface area contributed by atoms with Crippen LogP contribution in [0.4, 0.5) is 0 Å². The van der Waals surface area contributed by atoms with Gasteiger partial charge in [-0.2, -0.15) is 0 Å². The molecule has 0 aromatic heterocycles. The van der Waals surface area contributed by atoms with Crippen LogP contribution in [0, 0.1) is 5.92 Å². The molecule has 0 radical (unpaired) electrons. The Morgan fingerprint density at radius 3 is 2.81 bits per heavy atom. The Labute approximate surface area is 105 Å². The van der Waals surface area contributed by atoms with Crippen molar-refractivity contribution in [3.63, 3.8) is 0 Å². The lowest BCUT2D eigenvalue weighted by Crippen LogP contribution is -2.41. The van der Waals surface area contributed by atoms with E-state index in [2.05, 4.69) is 31.0 Å². The number of hydrogen-bond acceptors (Lipinski definition) is 2. The molecule has 1 heterocycles. The van der Waals surface area contributed by atoms with Crippen molar-refractivity contribution >= 4 is 11.6 Å². The van der Waals surface area contributed by atoms with Crippen LogP contribution < -0.4 is 5.32 Å². The smallest absolute Gasteiger partial charge is 0.0204 e. The monoisotopic (exact) mass is 244 g/mol. The van der Waals surface area contributed by atoms with Crippen LogP contribution in [0.3, 0.4) is 0 Å². The summed E-state index contributed by atoms with van der Waals surface area (Å²) in [5.74, 6) is 0.805. The molecule has 94 valence electrons. The molecular formula is C13H25ClN2. The van der Waals surface area contributed by atoms with E-state index in [9.17, 15) is 0 Å². The summed E-state index contributed by atoms with van der Waals surface area (Å²) in [4.78, 5) is 2.52. The van der Waals surface area contributed by atoms with Crippen LogP contribution in [0.15, 0.2) is 11.1 Å². The molecule has 0 saturated carbocycles. The van der Waals surface area contributed by atoms with Crippen molar-refractivity contribution in [3.8, 4) is 0 Å². The number of nitrogens with zero attached hydrogens (tertiary/aromatic N) is 1. The highest BCUT2D eigenvalue weighted by atomic mass is 35.5. The molecular weight excluding hydrogens is 220 g/mol. The van der Waals surface area contributed by atoms with Gasteiger partial charge in [-0.15, -0.1) is 0 Å². The first-order valence-electron chi connectivity index (χ1n) is 6.34. The van der Waals surface area contributed by atoms with Crippen LogP contribution >= 0.6 is 11.6 Å². The number of nitrogens with one attached hydrogen (secondary N) is 1. The summed E-state index contributed by atoms with van der Waals surface area (Å²) in [5, 5.41) is 3.48. The third-order valence-corrected chi connectivity index (χ3v) is 3.63. The highest BCUT2D eigenvalue weighted by Crippen LogP contribution is 2.14. The molecule has 0 aromatic carbocycles. The highest BCUT2D eigenvalue weighted by Gasteiger charge is 2.18. The Morgan fingerprint density at radius 2 is 2.31 bits per heavy atom. The average molecular weight is 245 g/mol. The van der Waals surface area contributed by atoms with Crippen LogP contribution in [0.5, 0.6) is 0 Å². The van der Waals surface area contributed by atoms with Crippen LogP contribution in [-0.2, 0) is 0 Å². The van der Waals surface area contributed by atoms with Crippen LogP contribution in [0.2, 0.25) is 0 Å². The standard InChI is InChI=1S/C13H25ClN2/c1-11(2)16(9-12(3)7-14)10-13-5-4-6-15-8-13/h7,11,13,15H,4-6,8-10H2,1-3H3. The Hall–Kier alpha value is -0.0500. The fourth-order valence-corrected chi connectivity index (χ4v) is 2.29. The molecule has 1 unspecified atom stereocenters. The van der Waals surface area contributed by atoms with Crippen molar-refractivity contribution in [1.29, 1.82) is 0 Å². The van der Waals surface area contributed by atoms with Gasteiger partial charge in [-0.05, 0) is 58.2 Å². The number of halogens is 1. The minimum Gasteiger partial charge on any atom is -0.316 e. The molecule has 1 atom stereocenters. The first-order chi connectivity index (χ1) is 7.63. The van der Waals surface area contributed by atoms with Crippen LogP contribution in [0.25, 0.3) is 0 Å². The minimum atomic E-state index is 0.591. The lowest BCUT2D eigenvalue weighted by molar-refractivity contribution is 0.185. The summed E-state index contributed by atoms with van der Waals surface area (Å²) in [6.07, 6.45) is 2.68. The quantitative estimate of drug-likeness (QED) is 0.800. The molecule has 1 N–H and O–H groups in total. The van der Waals surface area contributed by atoms with E-state index in [-0.39, 0.29) is 0 Å². The van der Waals surface area contributed by atoms with Gasteiger partial charge in [-0.1, -0.05) is 11.6 Å². The van der Waals surface area contributed by atoms with E-state index in [1.807, 2.05) is 0 Å². The van der Waals surface area contributed by atoms with Crippen molar-refractivity contribution in [2.75, 3.05) is 26.2 Å².